The third-order valence-electron chi connectivity index (χ3n) is 4.08. The van der Waals surface area contributed by atoms with Gasteiger partial charge in [0.05, 0.1) is 28.2 Å². The van der Waals surface area contributed by atoms with E-state index in [0.717, 1.165) is 17.4 Å². The number of carbonyl (C=O) groups is 2. The molecule has 2 N–H and O–H groups in total. The van der Waals surface area contributed by atoms with E-state index in [1.807, 2.05) is 0 Å². The predicted octanol–water partition coefficient (Wildman–Crippen LogP) is 4.37. The third-order valence-corrected chi connectivity index (χ3v) is 6.06. The summed E-state index contributed by atoms with van der Waals surface area (Å²) in [5.74, 6) is -1.41. The molecular formula is C17H11F3N4O2S2. The number of anilines is 1. The van der Waals surface area contributed by atoms with Crippen LogP contribution < -0.4 is 5.73 Å². The Hall–Kier alpha value is -2.79. The Labute approximate surface area is 164 Å². The molecule has 3 aromatic rings. The lowest BCUT2D eigenvalue weighted by molar-refractivity contribution is -0.136. The molecule has 0 fully saturated rings. The molecule has 0 unspecified atom stereocenters. The van der Waals surface area contributed by atoms with Gasteiger partial charge in [-0.25, -0.2) is 4.98 Å². The van der Waals surface area contributed by atoms with E-state index >= 15 is 0 Å². The van der Waals surface area contributed by atoms with Crippen molar-refractivity contribution in [1.82, 2.24) is 9.99 Å². The van der Waals surface area contributed by atoms with E-state index in [-0.39, 0.29) is 32.9 Å². The van der Waals surface area contributed by atoms with Crippen LogP contribution in [-0.2, 0) is 11.0 Å². The van der Waals surface area contributed by atoms with Gasteiger partial charge in [-0.05, 0) is 24.4 Å². The first-order valence-electron chi connectivity index (χ1n) is 7.92. The maximum atomic E-state index is 13.7. The van der Waals surface area contributed by atoms with Crippen LogP contribution in [0.3, 0.4) is 0 Å². The molecule has 28 heavy (non-hydrogen) atoms. The molecule has 1 aliphatic heterocycles. The first-order chi connectivity index (χ1) is 13.2. The molecule has 0 bridgehead atoms. The second-order valence-electron chi connectivity index (χ2n) is 6.08. The van der Waals surface area contributed by atoms with Gasteiger partial charge in [0.2, 0.25) is 0 Å². The Morgan fingerprint density at radius 3 is 2.68 bits per heavy atom. The zero-order valence-corrected chi connectivity index (χ0v) is 15.8. The first-order valence-corrected chi connectivity index (χ1v) is 9.62. The second-order valence-corrected chi connectivity index (χ2v) is 8.02. The number of amides is 2. The maximum Gasteiger partial charge on any atom is 0.417 e. The van der Waals surface area contributed by atoms with Crippen LogP contribution in [0.5, 0.6) is 0 Å². The number of alkyl halides is 3. The number of fused-ring (bicyclic) bond motifs is 1. The number of carbonyl (C=O) groups excluding carboxylic acids is 2. The SMILES string of the molecule is CC1=NN(C(=O)c2sc3nc(-c4cccs4)cc(C(F)(F)F)c3c2N)C(=O)C1. The fraction of sp³-hybridized carbons (Fsp3) is 0.176. The average Bonchev–Trinajstić information content (AvgIpc) is 3.32. The molecular weight excluding hydrogens is 413 g/mol. The van der Waals surface area contributed by atoms with Crippen molar-refractivity contribution >= 4 is 56.1 Å². The summed E-state index contributed by atoms with van der Waals surface area (Å²) in [4.78, 5) is 29.2. The quantitative estimate of drug-likeness (QED) is 0.619. The minimum Gasteiger partial charge on any atom is -0.397 e. The summed E-state index contributed by atoms with van der Waals surface area (Å²) in [5, 5.41) is 5.88. The number of hydrogen-bond donors (Lipinski definition) is 1. The van der Waals surface area contributed by atoms with Crippen molar-refractivity contribution in [2.24, 2.45) is 5.10 Å². The summed E-state index contributed by atoms with van der Waals surface area (Å²) in [6.07, 6.45) is -4.72. The van der Waals surface area contributed by atoms with Gasteiger partial charge in [0.1, 0.15) is 9.71 Å². The number of hydrazone groups is 1. The van der Waals surface area contributed by atoms with E-state index in [4.69, 9.17) is 5.73 Å². The zero-order chi connectivity index (χ0) is 20.2. The number of hydrogen-bond acceptors (Lipinski definition) is 7. The Morgan fingerprint density at radius 2 is 2.11 bits per heavy atom. The largest absolute Gasteiger partial charge is 0.417 e. The molecule has 0 radical (unpaired) electrons. The number of thiophene rings is 2. The van der Waals surface area contributed by atoms with Crippen molar-refractivity contribution in [2.75, 3.05) is 5.73 Å². The molecule has 0 saturated carbocycles. The van der Waals surface area contributed by atoms with Crippen molar-refractivity contribution in [3.8, 4) is 10.6 Å². The minimum atomic E-state index is -4.69. The van der Waals surface area contributed by atoms with Crippen LogP contribution in [0.4, 0.5) is 18.9 Å². The van der Waals surface area contributed by atoms with Crippen LogP contribution in [0.1, 0.15) is 28.6 Å². The molecule has 0 spiro atoms. The Balaban J connectivity index is 1.93. The number of halogens is 3. The molecule has 0 atom stereocenters. The lowest BCUT2D eigenvalue weighted by atomic mass is 10.1. The normalized spacial score (nSPS) is 14.8. The zero-order valence-electron chi connectivity index (χ0n) is 14.2. The molecule has 11 heteroatoms. The van der Waals surface area contributed by atoms with Crippen LogP contribution in [0.25, 0.3) is 20.8 Å². The van der Waals surface area contributed by atoms with Crippen LogP contribution >= 0.6 is 22.7 Å². The average molecular weight is 424 g/mol. The van der Waals surface area contributed by atoms with Gasteiger partial charge in [0.25, 0.3) is 11.8 Å². The Bertz CT molecular complexity index is 1150. The third kappa shape index (κ3) is 2.96. The lowest BCUT2D eigenvalue weighted by Crippen LogP contribution is -2.28. The highest BCUT2D eigenvalue weighted by Gasteiger charge is 2.38. The highest BCUT2D eigenvalue weighted by Crippen LogP contribution is 2.44. The minimum absolute atomic E-state index is 0.0218. The van der Waals surface area contributed by atoms with Gasteiger partial charge in [-0.1, -0.05) is 6.07 Å². The number of nitrogens with two attached hydrogens (primary N) is 1. The van der Waals surface area contributed by atoms with Gasteiger partial charge < -0.3 is 5.73 Å². The molecule has 1 aliphatic rings. The molecule has 4 heterocycles. The van der Waals surface area contributed by atoms with Crippen LogP contribution in [0, 0.1) is 0 Å². The maximum absolute atomic E-state index is 13.7. The molecule has 144 valence electrons. The molecule has 3 aromatic heterocycles. The standard InChI is InChI=1S/C17H11F3N4O2S2/c1-7-5-11(25)24(23-7)16(26)14-13(21)12-8(17(18,19)20)6-9(22-15(12)28-14)10-3-2-4-27-10/h2-4,6H,5,21H2,1H3. The van der Waals surface area contributed by atoms with Gasteiger partial charge in [-0.2, -0.15) is 23.3 Å². The predicted molar refractivity (Wildman–Crippen MR) is 101 cm³/mol. The van der Waals surface area contributed by atoms with E-state index in [1.54, 1.807) is 24.4 Å². The number of imide groups is 1. The fourth-order valence-electron chi connectivity index (χ4n) is 2.86. The number of aromatic nitrogens is 1. The van der Waals surface area contributed by atoms with E-state index < -0.39 is 23.6 Å². The Morgan fingerprint density at radius 1 is 1.36 bits per heavy atom. The molecule has 0 aliphatic carbocycles. The van der Waals surface area contributed by atoms with Crippen LogP contribution in [0.2, 0.25) is 0 Å². The molecule has 2 amide bonds. The van der Waals surface area contributed by atoms with Gasteiger partial charge in [0, 0.05) is 11.1 Å². The lowest BCUT2D eigenvalue weighted by Gasteiger charge is -2.11. The molecule has 0 aromatic carbocycles. The summed E-state index contributed by atoms with van der Waals surface area (Å²) < 4.78 is 41.1. The molecule has 6 nitrogen and oxygen atoms in total. The molecule has 4 rings (SSSR count). The van der Waals surface area contributed by atoms with Crippen molar-refractivity contribution < 1.29 is 22.8 Å². The van der Waals surface area contributed by atoms with Gasteiger partial charge in [0.15, 0.2) is 0 Å². The van der Waals surface area contributed by atoms with E-state index in [0.29, 0.717) is 15.6 Å². The summed E-state index contributed by atoms with van der Waals surface area (Å²) in [6, 6.07) is 4.29. The van der Waals surface area contributed by atoms with Gasteiger partial charge in [-0.3, -0.25) is 9.59 Å². The molecule has 0 saturated heterocycles. The topological polar surface area (TPSA) is 88.7 Å². The highest BCUT2D eigenvalue weighted by molar-refractivity contribution is 7.21. The van der Waals surface area contributed by atoms with E-state index in [2.05, 4.69) is 10.1 Å². The van der Waals surface area contributed by atoms with Crippen molar-refractivity contribution in [2.45, 2.75) is 19.5 Å². The van der Waals surface area contributed by atoms with Crippen LogP contribution in [0.15, 0.2) is 28.7 Å². The summed E-state index contributed by atoms with van der Waals surface area (Å²) in [7, 11) is 0. The van der Waals surface area contributed by atoms with Crippen molar-refractivity contribution in [3.05, 3.63) is 34.0 Å². The smallest absolute Gasteiger partial charge is 0.397 e. The highest BCUT2D eigenvalue weighted by atomic mass is 32.1. The van der Waals surface area contributed by atoms with E-state index in [9.17, 15) is 22.8 Å². The summed E-state index contributed by atoms with van der Waals surface area (Å²) in [5.41, 5.74) is 5.17. The van der Waals surface area contributed by atoms with Crippen molar-refractivity contribution in [3.63, 3.8) is 0 Å². The van der Waals surface area contributed by atoms with Crippen LogP contribution in [-0.4, -0.2) is 27.5 Å². The number of nitrogens with zero attached hydrogens (tertiary/aromatic N) is 3. The van der Waals surface area contributed by atoms with Gasteiger partial charge in [-0.15, -0.1) is 22.7 Å². The summed E-state index contributed by atoms with van der Waals surface area (Å²) in [6.45, 7) is 1.58. The first kappa shape index (κ1) is 18.6. The number of rotatable bonds is 2. The van der Waals surface area contributed by atoms with Crippen molar-refractivity contribution in [1.29, 1.82) is 0 Å². The summed E-state index contributed by atoms with van der Waals surface area (Å²) >= 11 is 1.97. The Kier molecular flexibility index (Phi) is 4.23. The second kappa shape index (κ2) is 6.38. The fourth-order valence-corrected chi connectivity index (χ4v) is 4.60. The monoisotopic (exact) mass is 424 g/mol. The number of nitrogen functional groups attached to an aromatic ring is 1. The van der Waals surface area contributed by atoms with E-state index in [1.165, 1.54) is 11.3 Å². The van der Waals surface area contributed by atoms with Gasteiger partial charge >= 0.3 is 6.18 Å². The number of pyridine rings is 1.